The highest BCUT2D eigenvalue weighted by atomic mass is 16.5. The first-order valence-corrected chi connectivity index (χ1v) is 10.1. The minimum Gasteiger partial charge on any atom is -0.378 e. The van der Waals surface area contributed by atoms with E-state index in [-0.39, 0.29) is 6.17 Å². The zero-order valence-electron chi connectivity index (χ0n) is 16.3. The van der Waals surface area contributed by atoms with Crippen LogP contribution in [0.2, 0.25) is 0 Å². The number of hydrogen-bond acceptors (Lipinski definition) is 7. The molecule has 8 heteroatoms. The van der Waals surface area contributed by atoms with Crippen molar-refractivity contribution in [2.45, 2.75) is 6.17 Å². The molecule has 0 bridgehead atoms. The lowest BCUT2D eigenvalue weighted by Crippen LogP contribution is -2.38. The van der Waals surface area contributed by atoms with E-state index in [0.717, 1.165) is 46.4 Å². The molecule has 4 aromatic rings. The summed E-state index contributed by atoms with van der Waals surface area (Å²) in [6.45, 7) is 2.95. The number of guanidine groups is 1. The standard InChI is InChI=1S/C22H21N7O/c23-21-26-20(29-18-8-4-3-7-17(18)25-22(29)27-21)15-13-14-5-1-2-6-16(14)24-19(15)28-9-11-30-12-10-28/h1-8,13,20H,9-12H2,(H3,23,25,26,27). The summed E-state index contributed by atoms with van der Waals surface area (Å²) in [6, 6.07) is 18.4. The molecule has 150 valence electrons. The number of nitrogens with one attached hydrogen (secondary N) is 1. The predicted octanol–water partition coefficient (Wildman–Crippen LogP) is 2.71. The van der Waals surface area contributed by atoms with Gasteiger partial charge in [0.15, 0.2) is 12.1 Å². The summed E-state index contributed by atoms with van der Waals surface area (Å²) in [5, 5.41) is 4.18. The second kappa shape index (κ2) is 6.70. The normalized spacial score (nSPS) is 18.9. The first kappa shape index (κ1) is 17.2. The Morgan fingerprint density at radius 1 is 0.967 bits per heavy atom. The number of para-hydroxylation sites is 3. The van der Waals surface area contributed by atoms with Crippen LogP contribution in [0.3, 0.4) is 0 Å². The van der Waals surface area contributed by atoms with Crippen molar-refractivity contribution in [1.29, 1.82) is 0 Å². The Morgan fingerprint density at radius 2 is 1.73 bits per heavy atom. The Bertz CT molecular complexity index is 1290. The van der Waals surface area contributed by atoms with Crippen molar-refractivity contribution < 1.29 is 4.74 Å². The fraction of sp³-hybridized carbons (Fsp3) is 0.227. The van der Waals surface area contributed by atoms with Crippen molar-refractivity contribution in [3.8, 4) is 0 Å². The van der Waals surface area contributed by atoms with Crippen LogP contribution in [0.25, 0.3) is 21.9 Å². The molecule has 2 aromatic heterocycles. The van der Waals surface area contributed by atoms with Gasteiger partial charge in [-0.3, -0.25) is 9.88 Å². The Morgan fingerprint density at radius 3 is 2.60 bits per heavy atom. The summed E-state index contributed by atoms with van der Waals surface area (Å²) < 4.78 is 7.67. The van der Waals surface area contributed by atoms with E-state index in [1.165, 1.54) is 0 Å². The zero-order chi connectivity index (χ0) is 20.1. The Labute approximate surface area is 173 Å². The van der Waals surface area contributed by atoms with Gasteiger partial charge in [-0.15, -0.1) is 0 Å². The van der Waals surface area contributed by atoms with E-state index in [4.69, 9.17) is 25.4 Å². The Balaban J connectivity index is 1.61. The molecule has 3 N–H and O–H groups in total. The van der Waals surface area contributed by atoms with Crippen molar-refractivity contribution in [2.75, 3.05) is 36.5 Å². The number of imidazole rings is 1. The molecule has 1 atom stereocenters. The quantitative estimate of drug-likeness (QED) is 0.538. The molecule has 0 saturated carbocycles. The van der Waals surface area contributed by atoms with Crippen molar-refractivity contribution in [1.82, 2.24) is 14.5 Å². The van der Waals surface area contributed by atoms with Crippen molar-refractivity contribution >= 4 is 39.7 Å². The maximum atomic E-state index is 6.17. The zero-order valence-corrected chi connectivity index (χ0v) is 16.3. The number of hydrogen-bond donors (Lipinski definition) is 2. The second-order valence-electron chi connectivity index (χ2n) is 7.50. The molecule has 0 amide bonds. The van der Waals surface area contributed by atoms with Crippen LogP contribution in [0.15, 0.2) is 59.6 Å². The number of ether oxygens (including phenoxy) is 1. The average molecular weight is 399 g/mol. The summed E-state index contributed by atoms with van der Waals surface area (Å²) in [5.41, 5.74) is 10.0. The molecular formula is C22H21N7O. The van der Waals surface area contributed by atoms with Gasteiger partial charge in [0.1, 0.15) is 5.82 Å². The third-order valence-electron chi connectivity index (χ3n) is 5.66. The van der Waals surface area contributed by atoms with Crippen LogP contribution in [0, 0.1) is 0 Å². The topological polar surface area (TPSA) is 93.6 Å². The fourth-order valence-electron chi connectivity index (χ4n) is 4.27. The number of rotatable bonds is 2. The van der Waals surface area contributed by atoms with E-state index < -0.39 is 0 Å². The smallest absolute Gasteiger partial charge is 0.212 e. The first-order valence-electron chi connectivity index (χ1n) is 10.1. The van der Waals surface area contributed by atoms with Gasteiger partial charge in [0, 0.05) is 24.0 Å². The van der Waals surface area contributed by atoms with E-state index in [9.17, 15) is 0 Å². The van der Waals surface area contributed by atoms with E-state index in [0.29, 0.717) is 25.1 Å². The molecule has 2 aliphatic rings. The van der Waals surface area contributed by atoms with E-state index in [1.807, 2.05) is 36.4 Å². The molecule has 1 saturated heterocycles. The van der Waals surface area contributed by atoms with Crippen LogP contribution >= 0.6 is 0 Å². The van der Waals surface area contributed by atoms with Gasteiger partial charge in [-0.05, 0) is 24.3 Å². The number of fused-ring (bicyclic) bond motifs is 4. The fourth-order valence-corrected chi connectivity index (χ4v) is 4.27. The third kappa shape index (κ3) is 2.68. The number of nitrogens with zero attached hydrogens (tertiary/aromatic N) is 5. The lowest BCUT2D eigenvalue weighted by Gasteiger charge is -2.32. The molecule has 4 heterocycles. The average Bonchev–Trinajstić information content (AvgIpc) is 3.16. The van der Waals surface area contributed by atoms with Gasteiger partial charge in [0.25, 0.3) is 0 Å². The molecule has 1 fully saturated rings. The van der Waals surface area contributed by atoms with Gasteiger partial charge in [-0.25, -0.2) is 15.0 Å². The third-order valence-corrected chi connectivity index (χ3v) is 5.66. The maximum absolute atomic E-state index is 6.17. The van der Waals surface area contributed by atoms with E-state index in [2.05, 4.69) is 33.0 Å². The monoisotopic (exact) mass is 399 g/mol. The summed E-state index contributed by atoms with van der Waals surface area (Å²) in [6.07, 6.45) is -0.358. The van der Waals surface area contributed by atoms with Crippen molar-refractivity contribution in [3.05, 3.63) is 60.2 Å². The highest BCUT2D eigenvalue weighted by Crippen LogP contribution is 2.37. The molecule has 2 aromatic carbocycles. The minimum atomic E-state index is -0.358. The predicted molar refractivity (Wildman–Crippen MR) is 118 cm³/mol. The van der Waals surface area contributed by atoms with Crippen LogP contribution in [0.5, 0.6) is 0 Å². The van der Waals surface area contributed by atoms with Gasteiger partial charge >= 0.3 is 0 Å². The molecule has 0 spiro atoms. The summed E-state index contributed by atoms with van der Waals surface area (Å²) in [7, 11) is 0. The van der Waals surface area contributed by atoms with Crippen LogP contribution in [-0.4, -0.2) is 46.8 Å². The number of aliphatic imine (C=N–C) groups is 1. The molecule has 6 rings (SSSR count). The van der Waals surface area contributed by atoms with Crippen LogP contribution in [0.1, 0.15) is 11.7 Å². The summed E-state index contributed by atoms with van der Waals surface area (Å²) in [5.74, 6) is 1.96. The largest absolute Gasteiger partial charge is 0.378 e. The first-order chi connectivity index (χ1) is 14.8. The van der Waals surface area contributed by atoms with Crippen LogP contribution in [-0.2, 0) is 4.74 Å². The second-order valence-corrected chi connectivity index (χ2v) is 7.50. The van der Waals surface area contributed by atoms with Crippen LogP contribution in [0.4, 0.5) is 11.8 Å². The SMILES string of the molecule is NC1=NC(c2cc3ccccc3nc2N2CCOCC2)n2c(nc3ccccc32)N1. The van der Waals surface area contributed by atoms with Crippen LogP contribution < -0.4 is 16.0 Å². The number of benzene rings is 2. The highest BCUT2D eigenvalue weighted by molar-refractivity contribution is 5.95. The number of anilines is 2. The van der Waals surface area contributed by atoms with Gasteiger partial charge in [-0.1, -0.05) is 30.3 Å². The molecule has 0 aliphatic carbocycles. The van der Waals surface area contributed by atoms with Gasteiger partial charge < -0.3 is 15.4 Å². The van der Waals surface area contributed by atoms with E-state index in [1.54, 1.807) is 0 Å². The molecule has 8 nitrogen and oxygen atoms in total. The minimum absolute atomic E-state index is 0.351. The number of nitrogens with two attached hydrogens (primary N) is 1. The maximum Gasteiger partial charge on any atom is 0.212 e. The van der Waals surface area contributed by atoms with Gasteiger partial charge in [0.2, 0.25) is 5.95 Å². The van der Waals surface area contributed by atoms with Crippen molar-refractivity contribution in [2.24, 2.45) is 10.7 Å². The van der Waals surface area contributed by atoms with Gasteiger partial charge in [0.05, 0.1) is 29.8 Å². The lowest BCUT2D eigenvalue weighted by atomic mass is 10.1. The van der Waals surface area contributed by atoms with E-state index >= 15 is 0 Å². The summed E-state index contributed by atoms with van der Waals surface area (Å²) >= 11 is 0. The number of pyridine rings is 1. The molecule has 1 unspecified atom stereocenters. The summed E-state index contributed by atoms with van der Waals surface area (Å²) in [4.78, 5) is 16.8. The lowest BCUT2D eigenvalue weighted by molar-refractivity contribution is 0.122. The number of aromatic nitrogens is 3. The highest BCUT2D eigenvalue weighted by Gasteiger charge is 2.29. The molecule has 2 aliphatic heterocycles. The molecular weight excluding hydrogens is 378 g/mol. The Kier molecular flexibility index (Phi) is 3.85. The molecule has 0 radical (unpaired) electrons. The number of morpholine rings is 1. The van der Waals surface area contributed by atoms with Gasteiger partial charge in [-0.2, -0.15) is 0 Å². The van der Waals surface area contributed by atoms with Crippen molar-refractivity contribution in [3.63, 3.8) is 0 Å². The molecule has 30 heavy (non-hydrogen) atoms. The Hall–Kier alpha value is -3.65.